The zero-order chi connectivity index (χ0) is 21.4. The second-order valence-corrected chi connectivity index (χ2v) is 8.40. The molecular formula is C22H27BrN2O4. The second-order valence-electron chi connectivity index (χ2n) is 7.55. The van der Waals surface area contributed by atoms with Gasteiger partial charge in [0.25, 0.3) is 11.8 Å². The van der Waals surface area contributed by atoms with Crippen molar-refractivity contribution in [3.05, 3.63) is 58.6 Å². The Morgan fingerprint density at radius 1 is 1.07 bits per heavy atom. The van der Waals surface area contributed by atoms with Gasteiger partial charge in [-0.05, 0) is 57.6 Å². The molecule has 7 heteroatoms. The van der Waals surface area contributed by atoms with E-state index in [-0.39, 0.29) is 12.0 Å². The first-order valence-corrected chi connectivity index (χ1v) is 10.2. The second kappa shape index (κ2) is 10.3. The average Bonchev–Trinajstić information content (AvgIpc) is 2.69. The summed E-state index contributed by atoms with van der Waals surface area (Å²) >= 11 is 3.47. The fourth-order valence-corrected chi connectivity index (χ4v) is 2.95. The summed E-state index contributed by atoms with van der Waals surface area (Å²) in [4.78, 5) is 24.3. The number of hydrazine groups is 1. The summed E-state index contributed by atoms with van der Waals surface area (Å²) in [5.41, 5.74) is 5.89. The van der Waals surface area contributed by atoms with Crippen molar-refractivity contribution < 1.29 is 19.1 Å². The van der Waals surface area contributed by atoms with Gasteiger partial charge in [-0.3, -0.25) is 20.4 Å². The molecule has 2 aromatic carbocycles. The molecule has 0 radical (unpaired) electrons. The molecule has 0 fully saturated rings. The Labute approximate surface area is 180 Å². The number of carbonyl (C=O) groups excluding carboxylic acids is 2. The number of nitrogens with one attached hydrogen (secondary N) is 2. The van der Waals surface area contributed by atoms with Crippen LogP contribution in [0.3, 0.4) is 0 Å². The van der Waals surface area contributed by atoms with Gasteiger partial charge in [0.15, 0.2) is 12.7 Å². The van der Waals surface area contributed by atoms with E-state index in [2.05, 4.69) is 47.6 Å². The molecule has 2 rings (SSSR count). The summed E-state index contributed by atoms with van der Waals surface area (Å²) in [5, 5.41) is 0. The molecule has 156 valence electrons. The molecule has 0 heterocycles. The van der Waals surface area contributed by atoms with Crippen molar-refractivity contribution >= 4 is 27.7 Å². The lowest BCUT2D eigenvalue weighted by Crippen LogP contribution is -2.49. The highest BCUT2D eigenvalue weighted by atomic mass is 79.9. The summed E-state index contributed by atoms with van der Waals surface area (Å²) in [6.07, 6.45) is -0.252. The van der Waals surface area contributed by atoms with Crippen LogP contribution in [0, 0.1) is 0 Å². The Morgan fingerprint density at radius 3 is 2.34 bits per heavy atom. The third-order valence-corrected chi connectivity index (χ3v) is 4.79. The predicted octanol–water partition coefficient (Wildman–Crippen LogP) is 4.13. The van der Waals surface area contributed by atoms with Gasteiger partial charge >= 0.3 is 0 Å². The monoisotopic (exact) mass is 462 g/mol. The van der Waals surface area contributed by atoms with Crippen molar-refractivity contribution in [1.82, 2.24) is 10.9 Å². The van der Waals surface area contributed by atoms with Gasteiger partial charge in [-0.1, -0.05) is 52.0 Å². The van der Waals surface area contributed by atoms with Crippen LogP contribution in [0.4, 0.5) is 0 Å². The zero-order valence-corrected chi connectivity index (χ0v) is 18.7. The minimum absolute atomic E-state index is 0.0142. The third-order valence-electron chi connectivity index (χ3n) is 4.17. The zero-order valence-electron chi connectivity index (χ0n) is 17.1. The molecule has 6 nitrogen and oxygen atoms in total. The number of amides is 2. The largest absolute Gasteiger partial charge is 0.483 e. The molecule has 2 amide bonds. The van der Waals surface area contributed by atoms with Gasteiger partial charge in [0.05, 0.1) is 4.47 Å². The van der Waals surface area contributed by atoms with Crippen LogP contribution in [-0.2, 0) is 15.0 Å². The number of halogens is 1. The van der Waals surface area contributed by atoms with Crippen molar-refractivity contribution in [1.29, 1.82) is 0 Å². The fourth-order valence-electron chi connectivity index (χ4n) is 2.46. The van der Waals surface area contributed by atoms with E-state index in [0.717, 1.165) is 10.0 Å². The van der Waals surface area contributed by atoms with Gasteiger partial charge in [0, 0.05) is 0 Å². The molecule has 0 aromatic heterocycles. The van der Waals surface area contributed by atoms with Crippen LogP contribution < -0.4 is 20.3 Å². The van der Waals surface area contributed by atoms with Gasteiger partial charge in [0.2, 0.25) is 0 Å². The smallest absolute Gasteiger partial charge is 0.279 e. The topological polar surface area (TPSA) is 76.7 Å². The van der Waals surface area contributed by atoms with E-state index in [0.29, 0.717) is 17.9 Å². The summed E-state index contributed by atoms with van der Waals surface area (Å²) in [7, 11) is 0. The highest BCUT2D eigenvalue weighted by Gasteiger charge is 2.19. The number of hydrogen-bond donors (Lipinski definition) is 2. The van der Waals surface area contributed by atoms with E-state index in [9.17, 15) is 9.59 Å². The van der Waals surface area contributed by atoms with Crippen LogP contribution in [0.5, 0.6) is 11.5 Å². The maximum atomic E-state index is 12.2. The number of hydrogen-bond acceptors (Lipinski definition) is 4. The number of para-hydroxylation sites is 1. The predicted molar refractivity (Wildman–Crippen MR) is 116 cm³/mol. The summed E-state index contributed by atoms with van der Waals surface area (Å²) < 4.78 is 11.9. The lowest BCUT2D eigenvalue weighted by molar-refractivity contribution is -0.134. The van der Waals surface area contributed by atoms with Crippen molar-refractivity contribution in [2.24, 2.45) is 0 Å². The highest BCUT2D eigenvalue weighted by molar-refractivity contribution is 9.10. The molecular weight excluding hydrogens is 436 g/mol. The molecule has 0 aliphatic rings. The van der Waals surface area contributed by atoms with Gasteiger partial charge in [-0.25, -0.2) is 0 Å². The van der Waals surface area contributed by atoms with E-state index in [1.54, 1.807) is 12.1 Å². The highest BCUT2D eigenvalue weighted by Crippen LogP contribution is 2.31. The number of rotatable bonds is 7. The van der Waals surface area contributed by atoms with Crippen LogP contribution in [0.2, 0.25) is 0 Å². The van der Waals surface area contributed by atoms with Crippen LogP contribution in [0.25, 0.3) is 0 Å². The Kier molecular flexibility index (Phi) is 8.08. The lowest BCUT2D eigenvalue weighted by atomic mass is 9.87. The molecule has 0 saturated heterocycles. The molecule has 0 spiro atoms. The first-order valence-electron chi connectivity index (χ1n) is 9.44. The average molecular weight is 463 g/mol. The Morgan fingerprint density at radius 2 is 1.76 bits per heavy atom. The van der Waals surface area contributed by atoms with Crippen molar-refractivity contribution in [3.8, 4) is 11.5 Å². The first kappa shape index (κ1) is 22.7. The minimum atomic E-state index is -0.710. The van der Waals surface area contributed by atoms with Crippen LogP contribution >= 0.6 is 15.9 Å². The van der Waals surface area contributed by atoms with E-state index in [1.165, 1.54) is 0 Å². The third kappa shape index (κ3) is 7.09. The number of ether oxygens (including phenoxy) is 2. The molecule has 1 atom stereocenters. The molecule has 2 aromatic rings. The van der Waals surface area contributed by atoms with E-state index < -0.39 is 17.9 Å². The van der Waals surface area contributed by atoms with Crippen molar-refractivity contribution in [2.75, 3.05) is 6.61 Å². The van der Waals surface area contributed by atoms with Crippen LogP contribution in [-0.4, -0.2) is 24.5 Å². The molecule has 0 aliphatic heterocycles. The normalized spacial score (nSPS) is 12.0. The molecule has 0 aliphatic carbocycles. The standard InChI is InChI=1S/C22H27BrN2O4/c1-5-18(29-16-9-7-6-8-10-16)21(27)25-24-20(26)14-28-19-12-11-15(13-17(19)23)22(2,3)4/h6-13,18H,5,14H2,1-4H3,(H,24,26)(H,25,27). The van der Waals surface area contributed by atoms with Gasteiger partial charge < -0.3 is 9.47 Å². The van der Waals surface area contributed by atoms with E-state index in [4.69, 9.17) is 9.47 Å². The maximum absolute atomic E-state index is 12.2. The fraction of sp³-hybridized carbons (Fsp3) is 0.364. The lowest BCUT2D eigenvalue weighted by Gasteiger charge is -2.20. The Hall–Kier alpha value is -2.54. The minimum Gasteiger partial charge on any atom is -0.483 e. The Bertz CT molecular complexity index is 834. The van der Waals surface area contributed by atoms with E-state index in [1.807, 2.05) is 43.3 Å². The quantitative estimate of drug-likeness (QED) is 0.606. The van der Waals surface area contributed by atoms with Crippen LogP contribution in [0.1, 0.15) is 39.7 Å². The number of benzene rings is 2. The summed E-state index contributed by atoms with van der Waals surface area (Å²) in [6.45, 7) is 7.96. The van der Waals surface area contributed by atoms with Gasteiger partial charge in [-0.2, -0.15) is 0 Å². The molecule has 0 bridgehead atoms. The Balaban J connectivity index is 1.82. The van der Waals surface area contributed by atoms with Crippen LogP contribution in [0.15, 0.2) is 53.0 Å². The molecule has 2 N–H and O–H groups in total. The number of carbonyl (C=O) groups is 2. The molecule has 1 unspecified atom stereocenters. The summed E-state index contributed by atoms with van der Waals surface area (Å²) in [6, 6.07) is 14.8. The SMILES string of the molecule is CCC(Oc1ccccc1)C(=O)NNC(=O)COc1ccc(C(C)(C)C)cc1Br. The molecule has 29 heavy (non-hydrogen) atoms. The van der Waals surface area contributed by atoms with Gasteiger partial charge in [-0.15, -0.1) is 0 Å². The maximum Gasteiger partial charge on any atom is 0.279 e. The first-order chi connectivity index (χ1) is 13.7. The van der Waals surface area contributed by atoms with Crippen molar-refractivity contribution in [2.45, 2.75) is 45.6 Å². The van der Waals surface area contributed by atoms with Gasteiger partial charge in [0.1, 0.15) is 11.5 Å². The van der Waals surface area contributed by atoms with Crippen molar-refractivity contribution in [3.63, 3.8) is 0 Å². The van der Waals surface area contributed by atoms with E-state index >= 15 is 0 Å². The molecule has 0 saturated carbocycles. The summed E-state index contributed by atoms with van der Waals surface area (Å²) in [5.74, 6) is 0.242.